The van der Waals surface area contributed by atoms with Gasteiger partial charge in [0.1, 0.15) is 5.69 Å². The molecule has 1 aliphatic rings. The van der Waals surface area contributed by atoms with Crippen molar-refractivity contribution in [2.24, 2.45) is 0 Å². The van der Waals surface area contributed by atoms with Crippen molar-refractivity contribution in [3.05, 3.63) is 89.6 Å². The molecule has 0 radical (unpaired) electrons. The summed E-state index contributed by atoms with van der Waals surface area (Å²) in [5, 5.41) is 13.1. The van der Waals surface area contributed by atoms with Crippen molar-refractivity contribution >= 4 is 22.8 Å². The van der Waals surface area contributed by atoms with E-state index >= 15 is 0 Å². The normalized spacial score (nSPS) is 14.3. The third-order valence-electron chi connectivity index (χ3n) is 7.32. The van der Waals surface area contributed by atoms with Crippen LogP contribution in [0.4, 0.5) is 5.82 Å². The van der Waals surface area contributed by atoms with Crippen LogP contribution in [-0.2, 0) is 17.8 Å². The third kappa shape index (κ3) is 6.56. The van der Waals surface area contributed by atoms with Crippen molar-refractivity contribution in [2.45, 2.75) is 18.9 Å². The fraction of sp³-hybridized carbons (Fsp3) is 0.312. The lowest BCUT2D eigenvalue weighted by atomic mass is 10.0. The number of amides is 1. The molecule has 1 fully saturated rings. The van der Waals surface area contributed by atoms with Crippen molar-refractivity contribution < 1.29 is 14.3 Å². The van der Waals surface area contributed by atoms with Crippen LogP contribution in [0.1, 0.15) is 22.7 Å². The van der Waals surface area contributed by atoms with Crippen LogP contribution >= 0.6 is 0 Å². The van der Waals surface area contributed by atoms with E-state index in [1.54, 1.807) is 14.2 Å². The Balaban J connectivity index is 1.31. The average Bonchev–Trinajstić information content (AvgIpc) is 3.02. The summed E-state index contributed by atoms with van der Waals surface area (Å²) in [6.45, 7) is 4.39. The molecular formula is C32H34N6O3. The van der Waals surface area contributed by atoms with Gasteiger partial charge in [0.05, 0.1) is 31.3 Å². The summed E-state index contributed by atoms with van der Waals surface area (Å²) in [7, 11) is 3.18. The maximum atomic E-state index is 13.3. The zero-order valence-corrected chi connectivity index (χ0v) is 23.4. The first-order valence-corrected chi connectivity index (χ1v) is 13.8. The SMILES string of the molecule is COc1ccc(CCNC(=O)[C@H](C#N)c2nc3ccccc3nc2N2CCN(Cc3ccccc3)CC2)cc1OC. The molecular weight excluding hydrogens is 516 g/mol. The fourth-order valence-corrected chi connectivity index (χ4v) is 5.10. The van der Waals surface area contributed by atoms with Gasteiger partial charge in [-0.05, 0) is 41.8 Å². The lowest BCUT2D eigenvalue weighted by Crippen LogP contribution is -2.47. The van der Waals surface area contributed by atoms with Crippen molar-refractivity contribution in [3.8, 4) is 17.6 Å². The number of carbonyl (C=O) groups excluding carboxylic acids is 1. The summed E-state index contributed by atoms with van der Waals surface area (Å²) in [5.74, 6) is 0.403. The van der Waals surface area contributed by atoms with Gasteiger partial charge in [-0.2, -0.15) is 5.26 Å². The van der Waals surface area contributed by atoms with E-state index in [4.69, 9.17) is 19.4 Å². The predicted octanol–water partition coefficient (Wildman–Crippen LogP) is 3.94. The number of rotatable bonds is 10. The molecule has 4 aromatic rings. The van der Waals surface area contributed by atoms with E-state index in [1.165, 1.54) is 5.56 Å². The highest BCUT2D eigenvalue weighted by atomic mass is 16.5. The van der Waals surface area contributed by atoms with E-state index in [-0.39, 0.29) is 5.91 Å². The highest BCUT2D eigenvalue weighted by Gasteiger charge is 2.30. The second kappa shape index (κ2) is 13.1. The lowest BCUT2D eigenvalue weighted by Gasteiger charge is -2.36. The molecule has 0 spiro atoms. The summed E-state index contributed by atoms with van der Waals surface area (Å²) >= 11 is 0. The number of anilines is 1. The van der Waals surface area contributed by atoms with Gasteiger partial charge in [0.15, 0.2) is 23.2 Å². The molecule has 9 heteroatoms. The number of para-hydroxylation sites is 2. The van der Waals surface area contributed by atoms with E-state index < -0.39 is 5.92 Å². The molecule has 0 unspecified atom stereocenters. The molecule has 1 aromatic heterocycles. The van der Waals surface area contributed by atoms with Crippen LogP contribution in [0.15, 0.2) is 72.8 Å². The summed E-state index contributed by atoms with van der Waals surface area (Å²) in [4.78, 5) is 27.6. The number of aromatic nitrogens is 2. The topological polar surface area (TPSA) is 104 Å². The zero-order valence-electron chi connectivity index (χ0n) is 23.4. The number of nitrogens with one attached hydrogen (secondary N) is 1. The summed E-state index contributed by atoms with van der Waals surface area (Å²) in [5.41, 5.74) is 4.06. The number of carbonyl (C=O) groups is 1. The Labute approximate surface area is 240 Å². The van der Waals surface area contributed by atoms with Gasteiger partial charge in [-0.25, -0.2) is 9.97 Å². The highest BCUT2D eigenvalue weighted by molar-refractivity contribution is 5.88. The minimum atomic E-state index is -1.09. The summed E-state index contributed by atoms with van der Waals surface area (Å²) in [6, 6.07) is 25.8. The van der Waals surface area contributed by atoms with Crippen molar-refractivity contribution in [1.29, 1.82) is 5.26 Å². The van der Waals surface area contributed by atoms with Gasteiger partial charge < -0.3 is 19.7 Å². The van der Waals surface area contributed by atoms with Crippen LogP contribution in [0.3, 0.4) is 0 Å². The van der Waals surface area contributed by atoms with Gasteiger partial charge in [-0.15, -0.1) is 0 Å². The number of ether oxygens (including phenoxy) is 2. The Kier molecular flexibility index (Phi) is 8.92. The van der Waals surface area contributed by atoms with Gasteiger partial charge in [0, 0.05) is 39.3 Å². The largest absolute Gasteiger partial charge is 0.493 e. The Morgan fingerprint density at radius 2 is 1.59 bits per heavy atom. The summed E-state index contributed by atoms with van der Waals surface area (Å²) in [6.07, 6.45) is 0.573. The molecule has 1 aliphatic heterocycles. The van der Waals surface area contributed by atoms with Crippen LogP contribution in [0, 0.1) is 11.3 Å². The van der Waals surface area contributed by atoms with E-state index in [2.05, 4.69) is 45.5 Å². The van der Waals surface area contributed by atoms with Crippen molar-refractivity contribution in [1.82, 2.24) is 20.2 Å². The maximum absolute atomic E-state index is 13.3. The number of piperazine rings is 1. The minimum absolute atomic E-state index is 0.362. The predicted molar refractivity (Wildman–Crippen MR) is 158 cm³/mol. The van der Waals surface area contributed by atoms with E-state index in [1.807, 2.05) is 48.5 Å². The van der Waals surface area contributed by atoms with Crippen LogP contribution in [0.5, 0.6) is 11.5 Å². The molecule has 1 saturated heterocycles. The lowest BCUT2D eigenvalue weighted by molar-refractivity contribution is -0.121. The van der Waals surface area contributed by atoms with Crippen LogP contribution in [0.25, 0.3) is 11.0 Å². The number of nitrogens with zero attached hydrogens (tertiary/aromatic N) is 5. The van der Waals surface area contributed by atoms with Gasteiger partial charge in [0.25, 0.3) is 0 Å². The Morgan fingerprint density at radius 1 is 0.902 bits per heavy atom. The molecule has 1 atom stereocenters. The van der Waals surface area contributed by atoms with Crippen molar-refractivity contribution in [2.75, 3.05) is 51.8 Å². The number of benzene rings is 3. The van der Waals surface area contributed by atoms with Crippen LogP contribution in [-0.4, -0.2) is 67.7 Å². The number of hydrogen-bond acceptors (Lipinski definition) is 8. The number of methoxy groups -OCH3 is 2. The van der Waals surface area contributed by atoms with Crippen LogP contribution < -0.4 is 19.7 Å². The van der Waals surface area contributed by atoms with Gasteiger partial charge in [0.2, 0.25) is 5.91 Å². The number of fused-ring (bicyclic) bond motifs is 1. The molecule has 1 N–H and O–H groups in total. The summed E-state index contributed by atoms with van der Waals surface area (Å²) < 4.78 is 10.7. The first kappa shape index (κ1) is 27.9. The van der Waals surface area contributed by atoms with E-state index in [9.17, 15) is 10.1 Å². The molecule has 2 heterocycles. The van der Waals surface area contributed by atoms with Crippen molar-refractivity contribution in [3.63, 3.8) is 0 Å². The van der Waals surface area contributed by atoms with Gasteiger partial charge in [-0.1, -0.05) is 48.5 Å². The average molecular weight is 551 g/mol. The van der Waals surface area contributed by atoms with Gasteiger partial charge >= 0.3 is 0 Å². The molecule has 5 rings (SSSR count). The second-order valence-corrected chi connectivity index (χ2v) is 9.96. The molecule has 0 bridgehead atoms. The quantitative estimate of drug-likeness (QED) is 0.317. The Hall–Kier alpha value is -4.68. The Morgan fingerprint density at radius 3 is 2.27 bits per heavy atom. The standard InChI is InChI=1S/C32H34N6O3/c1-40-28-13-12-23(20-29(28)41-2)14-15-34-32(39)25(21-33)30-31(36-27-11-7-6-10-26(27)35-30)38-18-16-37(17-19-38)22-24-8-4-3-5-9-24/h3-13,20,25H,14-19,22H2,1-2H3,(H,34,39)/t25-/m1/s1. The molecule has 3 aromatic carbocycles. The third-order valence-corrected chi connectivity index (χ3v) is 7.32. The monoisotopic (exact) mass is 550 g/mol. The highest BCUT2D eigenvalue weighted by Crippen LogP contribution is 2.29. The number of nitriles is 1. The molecule has 9 nitrogen and oxygen atoms in total. The molecule has 41 heavy (non-hydrogen) atoms. The molecule has 0 aliphatic carbocycles. The van der Waals surface area contributed by atoms with E-state index in [0.29, 0.717) is 41.5 Å². The molecule has 1 amide bonds. The first-order valence-electron chi connectivity index (χ1n) is 13.8. The molecule has 210 valence electrons. The minimum Gasteiger partial charge on any atom is -0.493 e. The fourth-order valence-electron chi connectivity index (χ4n) is 5.10. The Bertz CT molecular complexity index is 1530. The van der Waals surface area contributed by atoms with E-state index in [0.717, 1.165) is 43.8 Å². The zero-order chi connectivity index (χ0) is 28.6. The second-order valence-electron chi connectivity index (χ2n) is 9.96. The number of hydrogen-bond donors (Lipinski definition) is 1. The maximum Gasteiger partial charge on any atom is 0.243 e. The van der Waals surface area contributed by atoms with Gasteiger partial charge in [-0.3, -0.25) is 9.69 Å². The smallest absolute Gasteiger partial charge is 0.243 e. The first-order chi connectivity index (χ1) is 20.1. The van der Waals surface area contributed by atoms with Crippen LogP contribution in [0.2, 0.25) is 0 Å². The molecule has 0 saturated carbocycles.